The lowest BCUT2D eigenvalue weighted by Crippen LogP contribution is -2.28. The number of fused-ring (bicyclic) bond motifs is 1. The van der Waals surface area contributed by atoms with Crippen molar-refractivity contribution in [2.24, 2.45) is 7.05 Å². The minimum absolute atomic E-state index is 0.128. The van der Waals surface area contributed by atoms with Crippen LogP contribution < -0.4 is 10.9 Å². The van der Waals surface area contributed by atoms with Crippen molar-refractivity contribution in [1.82, 2.24) is 9.36 Å². The van der Waals surface area contributed by atoms with E-state index in [0.717, 1.165) is 16.3 Å². The molecule has 5 nitrogen and oxygen atoms in total. The second kappa shape index (κ2) is 6.53. The minimum atomic E-state index is -0.218. The number of rotatable bonds is 3. The summed E-state index contributed by atoms with van der Waals surface area (Å²) in [6.45, 7) is 1.84. The molecule has 2 heterocycles. The van der Waals surface area contributed by atoms with Gasteiger partial charge in [0.05, 0.1) is 16.6 Å². The number of nitrogens with zero attached hydrogens (tertiary/aromatic N) is 2. The van der Waals surface area contributed by atoms with E-state index in [9.17, 15) is 9.59 Å². The number of hydrogen-bond acceptors (Lipinski definition) is 3. The van der Waals surface area contributed by atoms with Crippen molar-refractivity contribution in [3.63, 3.8) is 0 Å². The van der Waals surface area contributed by atoms with Crippen molar-refractivity contribution < 1.29 is 4.79 Å². The molecule has 0 radical (unpaired) electrons. The van der Waals surface area contributed by atoms with Crippen LogP contribution in [0.5, 0.6) is 0 Å². The van der Waals surface area contributed by atoms with E-state index < -0.39 is 0 Å². The van der Waals surface area contributed by atoms with Crippen LogP contribution >= 0.6 is 11.8 Å². The van der Waals surface area contributed by atoms with E-state index in [1.807, 2.05) is 68.6 Å². The Balaban J connectivity index is 1.62. The maximum atomic E-state index is 12.9. The second-order valence-corrected chi connectivity index (χ2v) is 7.59. The van der Waals surface area contributed by atoms with Gasteiger partial charge in [0.25, 0.3) is 5.56 Å². The van der Waals surface area contributed by atoms with E-state index in [2.05, 4.69) is 5.32 Å². The number of hydrogen-bond donors (Lipinski definition) is 1. The molecule has 0 aliphatic carbocycles. The summed E-state index contributed by atoms with van der Waals surface area (Å²) in [7, 11) is 1.82. The molecule has 6 heteroatoms. The van der Waals surface area contributed by atoms with E-state index in [0.29, 0.717) is 12.1 Å². The van der Waals surface area contributed by atoms with E-state index in [1.54, 1.807) is 21.1 Å². The Bertz CT molecular complexity index is 1010. The fourth-order valence-corrected chi connectivity index (χ4v) is 4.44. The van der Waals surface area contributed by atoms with E-state index in [4.69, 9.17) is 0 Å². The van der Waals surface area contributed by atoms with Gasteiger partial charge >= 0.3 is 0 Å². The lowest BCUT2D eigenvalue weighted by atomic mass is 10.1. The van der Waals surface area contributed by atoms with Crippen LogP contribution in [0.2, 0.25) is 0 Å². The molecule has 0 spiro atoms. The van der Waals surface area contributed by atoms with Gasteiger partial charge in [-0.05, 0) is 37.1 Å². The van der Waals surface area contributed by atoms with Crippen LogP contribution in [0.4, 0.5) is 5.69 Å². The monoisotopic (exact) mass is 365 g/mol. The Morgan fingerprint density at radius 2 is 1.81 bits per heavy atom. The van der Waals surface area contributed by atoms with Gasteiger partial charge in [-0.15, -0.1) is 11.8 Å². The van der Waals surface area contributed by atoms with Crippen molar-refractivity contribution in [2.75, 3.05) is 5.32 Å². The van der Waals surface area contributed by atoms with E-state index in [-0.39, 0.29) is 16.7 Å². The van der Waals surface area contributed by atoms with Crippen LogP contribution in [0.15, 0.2) is 64.3 Å². The van der Waals surface area contributed by atoms with Crippen molar-refractivity contribution >= 4 is 23.4 Å². The predicted octanol–water partition coefficient (Wildman–Crippen LogP) is 3.14. The van der Waals surface area contributed by atoms with Crippen LogP contribution in [0, 0.1) is 6.92 Å². The molecule has 1 N–H and O–H groups in total. The number of para-hydroxylation sites is 1. The number of carbonyl (C=O) groups is 1. The average Bonchev–Trinajstić information content (AvgIpc) is 3.18. The number of thioether (sulfide) groups is 1. The zero-order chi connectivity index (χ0) is 18.3. The third-order valence-corrected chi connectivity index (χ3v) is 6.06. The molecule has 1 amide bonds. The molecule has 0 unspecified atom stereocenters. The summed E-state index contributed by atoms with van der Waals surface area (Å²) in [5.74, 6) is -0.128. The van der Waals surface area contributed by atoms with Gasteiger partial charge in [0.15, 0.2) is 0 Å². The quantitative estimate of drug-likeness (QED) is 0.776. The first-order valence-electron chi connectivity index (χ1n) is 8.45. The molecule has 26 heavy (non-hydrogen) atoms. The Morgan fingerprint density at radius 3 is 2.54 bits per heavy atom. The van der Waals surface area contributed by atoms with Crippen molar-refractivity contribution in [3.8, 4) is 5.69 Å². The van der Waals surface area contributed by atoms with Gasteiger partial charge in [0.2, 0.25) is 5.91 Å². The van der Waals surface area contributed by atoms with Gasteiger partial charge in [-0.25, -0.2) is 4.68 Å². The molecule has 1 aromatic heterocycles. The van der Waals surface area contributed by atoms with Crippen LogP contribution in [0.25, 0.3) is 5.69 Å². The number of benzene rings is 2. The zero-order valence-electron chi connectivity index (χ0n) is 14.6. The lowest BCUT2D eigenvalue weighted by molar-refractivity contribution is -0.115. The second-order valence-electron chi connectivity index (χ2n) is 6.34. The van der Waals surface area contributed by atoms with E-state index >= 15 is 0 Å². The molecule has 0 saturated carbocycles. The predicted molar refractivity (Wildman–Crippen MR) is 104 cm³/mol. The summed E-state index contributed by atoms with van der Waals surface area (Å²) in [5, 5.41) is 2.66. The number of amides is 1. The van der Waals surface area contributed by atoms with Crippen molar-refractivity contribution in [1.29, 1.82) is 0 Å². The Hall–Kier alpha value is -2.73. The van der Waals surface area contributed by atoms with Crippen LogP contribution in [0.3, 0.4) is 0 Å². The largest absolute Gasteiger partial charge is 0.319 e. The number of aromatic nitrogens is 2. The Morgan fingerprint density at radius 1 is 1.12 bits per heavy atom. The first-order chi connectivity index (χ1) is 12.6. The van der Waals surface area contributed by atoms with Gasteiger partial charge in [0.1, 0.15) is 5.69 Å². The summed E-state index contributed by atoms with van der Waals surface area (Å²) in [5.41, 5.74) is 2.81. The standard InChI is InChI=1S/C20H19N3O2S/c1-13-18(20(25)23(22(13)2)15-9-4-3-5-10-15)21-19(24)17-12-14-8-6-7-11-16(14)26-17/h3-11,17H,12H2,1-2H3,(H,21,24)/t17-/m1/s1. The molecule has 4 rings (SSSR count). The summed E-state index contributed by atoms with van der Waals surface area (Å²) in [6, 6.07) is 17.5. The first kappa shape index (κ1) is 16.7. The molecule has 1 aliphatic heterocycles. The molecule has 1 atom stereocenters. The smallest absolute Gasteiger partial charge is 0.295 e. The zero-order valence-corrected chi connectivity index (χ0v) is 15.4. The first-order valence-corrected chi connectivity index (χ1v) is 9.33. The molecule has 0 fully saturated rings. The SMILES string of the molecule is Cc1c(NC(=O)[C@H]2Cc3ccccc3S2)c(=O)n(-c2ccccc2)n1C. The third kappa shape index (κ3) is 2.76. The molecule has 3 aromatic rings. The van der Waals surface area contributed by atoms with Gasteiger partial charge in [0, 0.05) is 11.9 Å². The van der Waals surface area contributed by atoms with E-state index in [1.165, 1.54) is 5.56 Å². The minimum Gasteiger partial charge on any atom is -0.319 e. The molecular weight excluding hydrogens is 346 g/mol. The normalized spacial score (nSPS) is 15.7. The maximum absolute atomic E-state index is 12.9. The Labute approximate surface area is 155 Å². The highest BCUT2D eigenvalue weighted by Crippen LogP contribution is 2.37. The van der Waals surface area contributed by atoms with Crippen molar-refractivity contribution in [3.05, 3.63) is 76.2 Å². The molecule has 0 saturated heterocycles. The molecule has 2 aromatic carbocycles. The summed E-state index contributed by atoms with van der Waals surface area (Å²) >= 11 is 1.55. The van der Waals surface area contributed by atoms with Gasteiger partial charge in [-0.1, -0.05) is 36.4 Å². The van der Waals surface area contributed by atoms with Gasteiger partial charge in [-0.3, -0.25) is 14.3 Å². The molecule has 0 bridgehead atoms. The highest BCUT2D eigenvalue weighted by molar-refractivity contribution is 8.01. The highest BCUT2D eigenvalue weighted by atomic mass is 32.2. The third-order valence-electron chi connectivity index (χ3n) is 4.74. The summed E-state index contributed by atoms with van der Waals surface area (Å²) in [6.07, 6.45) is 0.686. The van der Waals surface area contributed by atoms with Gasteiger partial charge < -0.3 is 5.32 Å². The summed E-state index contributed by atoms with van der Waals surface area (Å²) in [4.78, 5) is 26.8. The van der Waals surface area contributed by atoms with Crippen LogP contribution in [-0.2, 0) is 18.3 Å². The fourth-order valence-electron chi connectivity index (χ4n) is 3.24. The molecule has 132 valence electrons. The maximum Gasteiger partial charge on any atom is 0.295 e. The fraction of sp³-hybridized carbons (Fsp3) is 0.200. The topological polar surface area (TPSA) is 56.0 Å². The lowest BCUT2D eigenvalue weighted by Gasteiger charge is -2.09. The number of nitrogens with one attached hydrogen (secondary N) is 1. The van der Waals surface area contributed by atoms with Crippen molar-refractivity contribution in [2.45, 2.75) is 23.5 Å². The highest BCUT2D eigenvalue weighted by Gasteiger charge is 2.29. The van der Waals surface area contributed by atoms with Gasteiger partial charge in [-0.2, -0.15) is 0 Å². The molecular formula is C20H19N3O2S. The number of anilines is 1. The number of carbonyl (C=O) groups excluding carboxylic acids is 1. The average molecular weight is 365 g/mol. The van der Waals surface area contributed by atoms with Crippen LogP contribution in [-0.4, -0.2) is 20.5 Å². The van der Waals surface area contributed by atoms with Crippen LogP contribution in [0.1, 0.15) is 11.3 Å². The Kier molecular flexibility index (Phi) is 4.20. The molecule has 1 aliphatic rings. The summed E-state index contributed by atoms with van der Waals surface area (Å²) < 4.78 is 3.34.